The summed E-state index contributed by atoms with van der Waals surface area (Å²) in [6.45, 7) is 3.89. The number of anilines is 1. The Hall–Kier alpha value is -2.21. The molecule has 0 aliphatic heterocycles. The van der Waals surface area contributed by atoms with E-state index in [1.54, 1.807) is 24.9 Å². The minimum absolute atomic E-state index is 0.123. The predicted octanol–water partition coefficient (Wildman–Crippen LogP) is 1.19. The van der Waals surface area contributed by atoms with Crippen LogP contribution in [0.4, 0.5) is 5.69 Å². The van der Waals surface area contributed by atoms with Gasteiger partial charge < -0.3 is 11.1 Å². The number of hydrogen-bond acceptors (Lipinski definition) is 4. The van der Waals surface area contributed by atoms with Gasteiger partial charge in [-0.3, -0.25) is 4.79 Å². The van der Waals surface area contributed by atoms with Crippen molar-refractivity contribution in [1.82, 2.24) is 14.8 Å². The number of carbonyl (C=O) groups excluding carboxylic acids is 1. The first kappa shape index (κ1) is 13.2. The van der Waals surface area contributed by atoms with Crippen LogP contribution in [0.15, 0.2) is 36.9 Å². The van der Waals surface area contributed by atoms with Gasteiger partial charge in [-0.15, -0.1) is 0 Å². The SMILES string of the molecule is CC(C)(CN)C(=O)Nc1ccccc1-n1cncn1. The first-order valence-corrected chi connectivity index (χ1v) is 6.00. The van der Waals surface area contributed by atoms with Gasteiger partial charge in [0.2, 0.25) is 5.91 Å². The molecule has 2 rings (SSSR count). The molecule has 0 saturated heterocycles. The van der Waals surface area contributed by atoms with Crippen LogP contribution >= 0.6 is 0 Å². The lowest BCUT2D eigenvalue weighted by molar-refractivity contribution is -0.123. The summed E-state index contributed by atoms with van der Waals surface area (Å²) >= 11 is 0. The van der Waals surface area contributed by atoms with Gasteiger partial charge in [-0.2, -0.15) is 5.10 Å². The van der Waals surface area contributed by atoms with Crippen molar-refractivity contribution < 1.29 is 4.79 Å². The molecule has 0 atom stereocenters. The van der Waals surface area contributed by atoms with Gasteiger partial charge in [0.25, 0.3) is 0 Å². The molecule has 1 aromatic carbocycles. The van der Waals surface area contributed by atoms with Crippen molar-refractivity contribution in [2.75, 3.05) is 11.9 Å². The highest BCUT2D eigenvalue weighted by Gasteiger charge is 2.26. The molecular formula is C13H17N5O. The van der Waals surface area contributed by atoms with Gasteiger partial charge in [-0.1, -0.05) is 12.1 Å². The second kappa shape index (κ2) is 5.19. The molecule has 0 bridgehead atoms. The summed E-state index contributed by atoms with van der Waals surface area (Å²) in [6, 6.07) is 7.41. The number of benzene rings is 1. The fraction of sp³-hybridized carbons (Fsp3) is 0.308. The molecular weight excluding hydrogens is 242 g/mol. The fourth-order valence-electron chi connectivity index (χ4n) is 1.50. The zero-order valence-corrected chi connectivity index (χ0v) is 11.0. The van der Waals surface area contributed by atoms with Crippen molar-refractivity contribution in [2.45, 2.75) is 13.8 Å². The lowest BCUT2D eigenvalue weighted by atomic mass is 9.92. The van der Waals surface area contributed by atoms with Gasteiger partial charge in [0, 0.05) is 6.54 Å². The van der Waals surface area contributed by atoms with Crippen LogP contribution in [0.5, 0.6) is 0 Å². The predicted molar refractivity (Wildman–Crippen MR) is 72.8 cm³/mol. The highest BCUT2D eigenvalue weighted by atomic mass is 16.2. The summed E-state index contributed by atoms with van der Waals surface area (Å²) in [5.74, 6) is -0.123. The summed E-state index contributed by atoms with van der Waals surface area (Å²) in [5, 5.41) is 6.95. The van der Waals surface area contributed by atoms with Crippen molar-refractivity contribution in [1.29, 1.82) is 0 Å². The number of para-hydroxylation sites is 2. The molecule has 100 valence electrons. The van der Waals surface area contributed by atoms with Gasteiger partial charge >= 0.3 is 0 Å². The van der Waals surface area contributed by atoms with Crippen LogP contribution in [0.3, 0.4) is 0 Å². The number of amides is 1. The Bertz CT molecular complexity index is 562. The minimum Gasteiger partial charge on any atom is -0.329 e. The Morgan fingerprint density at radius 1 is 1.42 bits per heavy atom. The van der Waals surface area contributed by atoms with E-state index in [1.807, 2.05) is 24.3 Å². The minimum atomic E-state index is -0.616. The number of nitrogens with one attached hydrogen (secondary N) is 1. The van der Waals surface area contributed by atoms with Gasteiger partial charge in [0.1, 0.15) is 12.7 Å². The van der Waals surface area contributed by atoms with Crippen LogP contribution in [0.25, 0.3) is 5.69 Å². The second-order valence-electron chi connectivity index (χ2n) is 4.90. The third-order valence-electron chi connectivity index (χ3n) is 2.94. The van der Waals surface area contributed by atoms with E-state index in [-0.39, 0.29) is 12.5 Å². The van der Waals surface area contributed by atoms with E-state index >= 15 is 0 Å². The number of nitrogens with two attached hydrogens (primary N) is 1. The molecule has 6 nitrogen and oxygen atoms in total. The normalized spacial score (nSPS) is 11.3. The summed E-state index contributed by atoms with van der Waals surface area (Å²) in [4.78, 5) is 16.1. The Kier molecular flexibility index (Phi) is 3.62. The van der Waals surface area contributed by atoms with E-state index in [4.69, 9.17) is 5.73 Å². The maximum atomic E-state index is 12.2. The molecule has 3 N–H and O–H groups in total. The van der Waals surface area contributed by atoms with Crippen molar-refractivity contribution in [3.05, 3.63) is 36.9 Å². The van der Waals surface area contributed by atoms with E-state index in [1.165, 1.54) is 6.33 Å². The van der Waals surface area contributed by atoms with E-state index in [0.717, 1.165) is 5.69 Å². The van der Waals surface area contributed by atoms with Crippen molar-refractivity contribution in [2.24, 2.45) is 11.1 Å². The Balaban J connectivity index is 2.29. The van der Waals surface area contributed by atoms with Gasteiger partial charge in [0.15, 0.2) is 0 Å². The molecule has 0 spiro atoms. The molecule has 1 amide bonds. The van der Waals surface area contributed by atoms with Crippen LogP contribution in [-0.2, 0) is 4.79 Å². The topological polar surface area (TPSA) is 85.8 Å². The smallest absolute Gasteiger partial charge is 0.231 e. The number of hydrogen-bond donors (Lipinski definition) is 2. The molecule has 0 aliphatic carbocycles. The summed E-state index contributed by atoms with van der Waals surface area (Å²) in [6.07, 6.45) is 3.03. The van der Waals surface area contributed by atoms with Gasteiger partial charge in [-0.25, -0.2) is 9.67 Å². The average Bonchev–Trinajstić information content (AvgIpc) is 2.93. The van der Waals surface area contributed by atoms with Gasteiger partial charge in [-0.05, 0) is 26.0 Å². The molecule has 2 aromatic rings. The lowest BCUT2D eigenvalue weighted by Crippen LogP contribution is -2.37. The highest BCUT2D eigenvalue weighted by molar-refractivity contribution is 5.96. The maximum Gasteiger partial charge on any atom is 0.231 e. The lowest BCUT2D eigenvalue weighted by Gasteiger charge is -2.22. The zero-order chi connectivity index (χ0) is 13.9. The first-order valence-electron chi connectivity index (χ1n) is 6.00. The number of nitrogens with zero attached hydrogens (tertiary/aromatic N) is 3. The molecule has 0 saturated carbocycles. The fourth-order valence-corrected chi connectivity index (χ4v) is 1.50. The molecule has 0 fully saturated rings. The second-order valence-corrected chi connectivity index (χ2v) is 4.90. The molecule has 1 aromatic heterocycles. The largest absolute Gasteiger partial charge is 0.329 e. The Morgan fingerprint density at radius 2 is 2.16 bits per heavy atom. The van der Waals surface area contributed by atoms with E-state index < -0.39 is 5.41 Å². The Morgan fingerprint density at radius 3 is 2.79 bits per heavy atom. The molecule has 19 heavy (non-hydrogen) atoms. The van der Waals surface area contributed by atoms with Crippen LogP contribution in [0.2, 0.25) is 0 Å². The first-order chi connectivity index (χ1) is 9.04. The number of rotatable bonds is 4. The monoisotopic (exact) mass is 259 g/mol. The maximum absolute atomic E-state index is 12.2. The molecule has 0 radical (unpaired) electrons. The van der Waals surface area contributed by atoms with Crippen LogP contribution < -0.4 is 11.1 Å². The van der Waals surface area contributed by atoms with E-state index in [2.05, 4.69) is 15.4 Å². The molecule has 0 aliphatic rings. The Labute approximate surface area is 111 Å². The summed E-state index contributed by atoms with van der Waals surface area (Å²) in [5.41, 5.74) is 6.43. The third-order valence-corrected chi connectivity index (χ3v) is 2.94. The van der Waals surface area contributed by atoms with Crippen molar-refractivity contribution in [3.8, 4) is 5.69 Å². The zero-order valence-electron chi connectivity index (χ0n) is 11.0. The van der Waals surface area contributed by atoms with Crippen LogP contribution in [-0.4, -0.2) is 27.2 Å². The van der Waals surface area contributed by atoms with Crippen molar-refractivity contribution in [3.63, 3.8) is 0 Å². The van der Waals surface area contributed by atoms with E-state index in [0.29, 0.717) is 5.69 Å². The average molecular weight is 259 g/mol. The summed E-state index contributed by atoms with van der Waals surface area (Å²) < 4.78 is 1.60. The molecule has 6 heteroatoms. The van der Waals surface area contributed by atoms with Crippen LogP contribution in [0, 0.1) is 5.41 Å². The third kappa shape index (κ3) is 2.79. The molecule has 0 unspecified atom stereocenters. The van der Waals surface area contributed by atoms with Crippen LogP contribution in [0.1, 0.15) is 13.8 Å². The number of aromatic nitrogens is 3. The standard InChI is InChI=1S/C13H17N5O/c1-13(2,7-14)12(19)17-10-5-3-4-6-11(10)18-9-15-8-16-18/h3-6,8-9H,7,14H2,1-2H3,(H,17,19). The summed E-state index contributed by atoms with van der Waals surface area (Å²) in [7, 11) is 0. The number of carbonyl (C=O) groups is 1. The van der Waals surface area contributed by atoms with Gasteiger partial charge in [0.05, 0.1) is 16.8 Å². The highest BCUT2D eigenvalue weighted by Crippen LogP contribution is 2.22. The quantitative estimate of drug-likeness (QED) is 0.863. The van der Waals surface area contributed by atoms with Crippen molar-refractivity contribution >= 4 is 11.6 Å². The molecule has 1 heterocycles. The van der Waals surface area contributed by atoms with E-state index in [9.17, 15) is 4.79 Å².